The van der Waals surface area contributed by atoms with E-state index < -0.39 is 0 Å². The zero-order valence-corrected chi connectivity index (χ0v) is 20.7. The molecule has 2 N–H and O–H groups in total. The van der Waals surface area contributed by atoms with Gasteiger partial charge in [0.05, 0.1) is 6.61 Å². The first-order chi connectivity index (χ1) is 14.0. The summed E-state index contributed by atoms with van der Waals surface area (Å²) in [5, 5.41) is 6.77. The predicted octanol–water partition coefficient (Wildman–Crippen LogP) is 2.73. The Morgan fingerprint density at radius 3 is 2.60 bits per heavy atom. The number of piperidine rings is 1. The number of halogens is 1. The number of likely N-dealkylation sites (tertiary alicyclic amines) is 1. The van der Waals surface area contributed by atoms with Crippen LogP contribution in [0.15, 0.2) is 28.0 Å². The fraction of sp³-hybridized carbons (Fsp3) is 0.667. The van der Waals surface area contributed by atoms with Crippen LogP contribution in [0.2, 0.25) is 0 Å². The van der Waals surface area contributed by atoms with Crippen molar-refractivity contribution in [3.63, 3.8) is 0 Å². The molecule has 1 amide bonds. The SMILES string of the molecule is CCNC(=NCCCCn1c(C)cccc1=O)NC1CCN(C(=O)OCC)CC1.I. The molecule has 1 saturated heterocycles. The maximum atomic E-state index is 11.9. The summed E-state index contributed by atoms with van der Waals surface area (Å²) in [6, 6.07) is 5.65. The Labute approximate surface area is 196 Å². The quantitative estimate of drug-likeness (QED) is 0.232. The lowest BCUT2D eigenvalue weighted by atomic mass is 10.1. The molecule has 1 aliphatic rings. The number of ether oxygens (including phenoxy) is 1. The number of carbonyl (C=O) groups excluding carboxylic acids is 1. The summed E-state index contributed by atoms with van der Waals surface area (Å²) in [6.07, 6.45) is 3.35. The van der Waals surface area contributed by atoms with Crippen LogP contribution in [0.4, 0.5) is 4.79 Å². The predicted molar refractivity (Wildman–Crippen MR) is 131 cm³/mol. The largest absolute Gasteiger partial charge is 0.450 e. The topological polar surface area (TPSA) is 88.0 Å². The number of nitrogens with one attached hydrogen (secondary N) is 2. The highest BCUT2D eigenvalue weighted by Crippen LogP contribution is 2.11. The second-order valence-electron chi connectivity index (χ2n) is 7.23. The Kier molecular flexibility index (Phi) is 12.5. The van der Waals surface area contributed by atoms with E-state index in [9.17, 15) is 9.59 Å². The second kappa shape index (κ2) is 14.3. The number of aromatic nitrogens is 1. The van der Waals surface area contributed by atoms with Crippen molar-refractivity contribution in [2.45, 2.75) is 59.0 Å². The third-order valence-electron chi connectivity index (χ3n) is 5.03. The van der Waals surface area contributed by atoms with Gasteiger partial charge in [-0.05, 0) is 52.5 Å². The lowest BCUT2D eigenvalue weighted by Crippen LogP contribution is -2.49. The van der Waals surface area contributed by atoms with Crippen molar-refractivity contribution >= 4 is 36.0 Å². The van der Waals surface area contributed by atoms with E-state index in [1.165, 1.54) is 0 Å². The molecular formula is C21H36IN5O3. The van der Waals surface area contributed by atoms with Gasteiger partial charge in [0.1, 0.15) is 0 Å². The van der Waals surface area contributed by atoms with E-state index in [-0.39, 0.29) is 35.6 Å². The first kappa shape index (κ1) is 26.3. The molecule has 0 radical (unpaired) electrons. The van der Waals surface area contributed by atoms with Crippen molar-refractivity contribution in [1.82, 2.24) is 20.1 Å². The Balaban J connectivity index is 0.00000450. The molecule has 30 heavy (non-hydrogen) atoms. The minimum absolute atomic E-state index is 0. The summed E-state index contributed by atoms with van der Waals surface area (Å²) >= 11 is 0. The lowest BCUT2D eigenvalue weighted by molar-refractivity contribution is 0.0963. The summed E-state index contributed by atoms with van der Waals surface area (Å²) in [4.78, 5) is 30.1. The van der Waals surface area contributed by atoms with E-state index in [0.29, 0.717) is 32.3 Å². The number of rotatable bonds is 8. The first-order valence-electron chi connectivity index (χ1n) is 10.7. The van der Waals surface area contributed by atoms with Gasteiger partial charge in [0.15, 0.2) is 5.96 Å². The molecule has 0 bridgehead atoms. The van der Waals surface area contributed by atoms with E-state index in [0.717, 1.165) is 50.4 Å². The van der Waals surface area contributed by atoms with Gasteiger partial charge in [-0.15, -0.1) is 24.0 Å². The number of aryl methyl sites for hydroxylation is 1. The van der Waals surface area contributed by atoms with Crippen LogP contribution >= 0.6 is 24.0 Å². The Bertz CT molecular complexity index is 730. The number of nitrogens with zero attached hydrogens (tertiary/aromatic N) is 3. The molecule has 0 saturated carbocycles. The van der Waals surface area contributed by atoms with Crippen LogP contribution in [0.25, 0.3) is 0 Å². The molecule has 2 rings (SSSR count). The maximum absolute atomic E-state index is 11.9. The fourth-order valence-corrected chi connectivity index (χ4v) is 3.42. The number of unbranched alkanes of at least 4 members (excludes halogenated alkanes) is 1. The van der Waals surface area contributed by atoms with Crippen molar-refractivity contribution in [3.8, 4) is 0 Å². The molecule has 0 atom stereocenters. The zero-order chi connectivity index (χ0) is 21.1. The van der Waals surface area contributed by atoms with Gasteiger partial charge in [-0.1, -0.05) is 6.07 Å². The van der Waals surface area contributed by atoms with Crippen LogP contribution in [-0.2, 0) is 11.3 Å². The van der Waals surface area contributed by atoms with Crippen molar-refractivity contribution < 1.29 is 9.53 Å². The number of hydrogen-bond donors (Lipinski definition) is 2. The molecule has 0 unspecified atom stereocenters. The van der Waals surface area contributed by atoms with Crippen LogP contribution in [0.5, 0.6) is 0 Å². The molecule has 1 fully saturated rings. The van der Waals surface area contributed by atoms with Crippen LogP contribution in [0.1, 0.15) is 45.2 Å². The van der Waals surface area contributed by atoms with Gasteiger partial charge < -0.3 is 24.8 Å². The monoisotopic (exact) mass is 533 g/mol. The summed E-state index contributed by atoms with van der Waals surface area (Å²) < 4.78 is 6.88. The smallest absolute Gasteiger partial charge is 0.409 e. The van der Waals surface area contributed by atoms with Crippen molar-refractivity contribution in [2.75, 3.05) is 32.8 Å². The van der Waals surface area contributed by atoms with Crippen LogP contribution < -0.4 is 16.2 Å². The van der Waals surface area contributed by atoms with E-state index in [1.54, 1.807) is 17.0 Å². The summed E-state index contributed by atoms with van der Waals surface area (Å²) in [5.41, 5.74) is 1.04. The average molecular weight is 533 g/mol. The van der Waals surface area contributed by atoms with Gasteiger partial charge in [0, 0.05) is 50.5 Å². The normalized spacial score (nSPS) is 14.8. The van der Waals surface area contributed by atoms with E-state index in [1.807, 2.05) is 31.4 Å². The molecule has 0 aromatic carbocycles. The molecule has 1 aromatic heterocycles. The van der Waals surface area contributed by atoms with Gasteiger partial charge in [0.25, 0.3) is 5.56 Å². The summed E-state index contributed by atoms with van der Waals surface area (Å²) in [7, 11) is 0. The number of hydrogen-bond acceptors (Lipinski definition) is 4. The zero-order valence-electron chi connectivity index (χ0n) is 18.4. The molecule has 9 heteroatoms. The molecule has 1 aliphatic heterocycles. The third kappa shape index (κ3) is 8.53. The van der Waals surface area contributed by atoms with Gasteiger partial charge in [-0.2, -0.15) is 0 Å². The highest BCUT2D eigenvalue weighted by molar-refractivity contribution is 14.0. The van der Waals surface area contributed by atoms with Crippen molar-refractivity contribution in [1.29, 1.82) is 0 Å². The summed E-state index contributed by atoms with van der Waals surface area (Å²) in [5.74, 6) is 0.815. The molecule has 1 aromatic rings. The highest BCUT2D eigenvalue weighted by Gasteiger charge is 2.23. The van der Waals surface area contributed by atoms with Crippen molar-refractivity contribution in [3.05, 3.63) is 34.2 Å². The second-order valence-corrected chi connectivity index (χ2v) is 7.23. The molecule has 8 nitrogen and oxygen atoms in total. The minimum Gasteiger partial charge on any atom is -0.450 e. The number of carbonyl (C=O) groups is 1. The molecule has 0 aliphatic carbocycles. The van der Waals surface area contributed by atoms with Crippen LogP contribution in [-0.4, -0.2) is 60.3 Å². The Morgan fingerprint density at radius 1 is 1.23 bits per heavy atom. The van der Waals surface area contributed by atoms with E-state index >= 15 is 0 Å². The van der Waals surface area contributed by atoms with E-state index in [4.69, 9.17) is 4.74 Å². The Hall–Kier alpha value is -1.78. The number of amides is 1. The minimum atomic E-state index is -0.223. The molecule has 2 heterocycles. The van der Waals surface area contributed by atoms with Crippen molar-refractivity contribution in [2.24, 2.45) is 4.99 Å². The number of guanidine groups is 1. The van der Waals surface area contributed by atoms with Gasteiger partial charge in [-0.25, -0.2) is 4.79 Å². The van der Waals surface area contributed by atoms with Gasteiger partial charge in [-0.3, -0.25) is 9.79 Å². The Morgan fingerprint density at radius 2 is 1.97 bits per heavy atom. The standard InChI is InChI=1S/C21H35N5O3.HI/c1-4-22-20(24-18-11-15-25(16-12-18)21(28)29-5-2)23-13-6-7-14-26-17(3)9-8-10-19(26)27;/h8-10,18H,4-7,11-16H2,1-3H3,(H2,22,23,24);1H. The van der Waals surface area contributed by atoms with Gasteiger partial charge in [0.2, 0.25) is 0 Å². The maximum Gasteiger partial charge on any atom is 0.409 e. The number of aliphatic imine (C=N–C) groups is 1. The molecule has 0 spiro atoms. The average Bonchev–Trinajstić information content (AvgIpc) is 2.70. The molecule has 170 valence electrons. The van der Waals surface area contributed by atoms with E-state index in [2.05, 4.69) is 15.6 Å². The molecular weight excluding hydrogens is 497 g/mol. The fourth-order valence-electron chi connectivity index (χ4n) is 3.42. The lowest BCUT2D eigenvalue weighted by Gasteiger charge is -2.32. The summed E-state index contributed by atoms with van der Waals surface area (Å²) in [6.45, 7) is 9.85. The van der Waals surface area contributed by atoms with Crippen LogP contribution in [0, 0.1) is 6.92 Å². The number of pyridine rings is 1. The van der Waals surface area contributed by atoms with Crippen LogP contribution in [0.3, 0.4) is 0 Å². The first-order valence-corrected chi connectivity index (χ1v) is 10.7. The third-order valence-corrected chi connectivity index (χ3v) is 5.03. The van der Waals surface area contributed by atoms with Gasteiger partial charge >= 0.3 is 6.09 Å². The highest BCUT2D eigenvalue weighted by atomic mass is 127.